The molecule has 0 atom stereocenters. The second kappa shape index (κ2) is 5.61. The van der Waals surface area contributed by atoms with Gasteiger partial charge >= 0.3 is 7.12 Å². The molecule has 6 nitrogen and oxygen atoms in total. The van der Waals surface area contributed by atoms with Gasteiger partial charge in [-0.3, -0.25) is 0 Å². The first-order chi connectivity index (χ1) is 7.83. The first kappa shape index (κ1) is 14.1. The van der Waals surface area contributed by atoms with E-state index in [9.17, 15) is 8.42 Å². The molecule has 0 aliphatic heterocycles. The quantitative estimate of drug-likeness (QED) is 0.547. The third-order valence-corrected chi connectivity index (χ3v) is 3.69. The molecule has 1 aromatic carbocycles. The monoisotopic (exact) mass is 258 g/mol. The fourth-order valence-corrected chi connectivity index (χ4v) is 1.72. The van der Waals surface area contributed by atoms with Gasteiger partial charge in [0.15, 0.2) is 0 Å². The fourth-order valence-electron chi connectivity index (χ4n) is 1.11. The van der Waals surface area contributed by atoms with Gasteiger partial charge in [0, 0.05) is 20.6 Å². The lowest BCUT2D eigenvalue weighted by Gasteiger charge is -2.12. The third kappa shape index (κ3) is 4.10. The molecule has 3 N–H and O–H groups in total. The Morgan fingerprint density at radius 3 is 2.18 bits per heavy atom. The van der Waals surface area contributed by atoms with E-state index in [0.29, 0.717) is 5.46 Å². The van der Waals surface area contributed by atoms with Crippen molar-refractivity contribution >= 4 is 22.8 Å². The van der Waals surface area contributed by atoms with E-state index < -0.39 is 17.3 Å². The highest BCUT2D eigenvalue weighted by Gasteiger charge is 2.13. The van der Waals surface area contributed by atoms with Crippen molar-refractivity contribution in [3.8, 4) is 0 Å². The van der Waals surface area contributed by atoms with E-state index in [1.54, 1.807) is 12.1 Å². The zero-order valence-corrected chi connectivity index (χ0v) is 10.5. The summed E-state index contributed by atoms with van der Waals surface area (Å²) in [6, 6.07) is 6.33. The van der Waals surface area contributed by atoms with E-state index in [0.717, 1.165) is 9.87 Å². The number of hydrogen-bond donors (Lipinski definition) is 3. The lowest BCUT2D eigenvalue weighted by Crippen LogP contribution is -2.35. The Labute approximate surface area is 101 Å². The molecule has 8 heteroatoms. The van der Waals surface area contributed by atoms with Gasteiger partial charge in [0.25, 0.3) is 10.2 Å². The lowest BCUT2D eigenvalue weighted by molar-refractivity contribution is 0.425. The van der Waals surface area contributed by atoms with E-state index in [4.69, 9.17) is 10.0 Å². The average Bonchev–Trinajstić information content (AvgIpc) is 2.27. The second-order valence-corrected chi connectivity index (χ2v) is 5.69. The van der Waals surface area contributed by atoms with E-state index >= 15 is 0 Å². The maximum atomic E-state index is 11.4. The van der Waals surface area contributed by atoms with Crippen molar-refractivity contribution in [2.75, 3.05) is 14.1 Å². The van der Waals surface area contributed by atoms with Crippen LogP contribution in [0.4, 0.5) is 0 Å². The van der Waals surface area contributed by atoms with Crippen LogP contribution in [0.15, 0.2) is 24.3 Å². The smallest absolute Gasteiger partial charge is 0.423 e. The number of rotatable bonds is 5. The van der Waals surface area contributed by atoms with Gasteiger partial charge in [0.2, 0.25) is 0 Å². The first-order valence-electron chi connectivity index (χ1n) is 4.95. The molecule has 0 unspecified atom stereocenters. The maximum Gasteiger partial charge on any atom is 0.488 e. The van der Waals surface area contributed by atoms with Gasteiger partial charge in [0.05, 0.1) is 0 Å². The topological polar surface area (TPSA) is 89.9 Å². The van der Waals surface area contributed by atoms with E-state index in [1.165, 1.54) is 26.2 Å². The van der Waals surface area contributed by atoms with Crippen molar-refractivity contribution in [3.63, 3.8) is 0 Å². The molecule has 0 aliphatic carbocycles. The standard InChI is InChI=1S/C9H15BN2O4S/c1-12(2)17(15,16)11-7-8-3-5-9(6-4-8)10(13)14/h3-6,11,13-14H,7H2,1-2H3. The van der Waals surface area contributed by atoms with Crippen LogP contribution in [0.2, 0.25) is 0 Å². The zero-order valence-electron chi connectivity index (χ0n) is 9.66. The van der Waals surface area contributed by atoms with Crippen LogP contribution < -0.4 is 10.2 Å². The average molecular weight is 258 g/mol. The summed E-state index contributed by atoms with van der Waals surface area (Å²) in [6.07, 6.45) is 0. The number of hydrogen-bond acceptors (Lipinski definition) is 4. The summed E-state index contributed by atoms with van der Waals surface area (Å²) in [7, 11) is -2.07. The van der Waals surface area contributed by atoms with Crippen LogP contribution in [0.3, 0.4) is 0 Å². The minimum atomic E-state index is -3.44. The van der Waals surface area contributed by atoms with Gasteiger partial charge in [-0.2, -0.15) is 17.4 Å². The number of nitrogens with zero attached hydrogens (tertiary/aromatic N) is 1. The van der Waals surface area contributed by atoms with E-state index in [1.807, 2.05) is 0 Å². The Kier molecular flexibility index (Phi) is 4.66. The largest absolute Gasteiger partial charge is 0.488 e. The summed E-state index contributed by atoms with van der Waals surface area (Å²) in [5.41, 5.74) is 1.10. The van der Waals surface area contributed by atoms with Crippen LogP contribution in [-0.4, -0.2) is 44.0 Å². The summed E-state index contributed by atoms with van der Waals surface area (Å²) >= 11 is 0. The van der Waals surface area contributed by atoms with Crippen molar-refractivity contribution < 1.29 is 18.5 Å². The molecule has 0 saturated carbocycles. The van der Waals surface area contributed by atoms with Crippen LogP contribution in [0, 0.1) is 0 Å². The summed E-state index contributed by atoms with van der Waals surface area (Å²) in [6.45, 7) is 0.155. The Bertz CT molecular complexity index is 458. The van der Waals surface area contributed by atoms with Crippen molar-refractivity contribution in [2.45, 2.75) is 6.54 Å². The maximum absolute atomic E-state index is 11.4. The Balaban J connectivity index is 2.65. The van der Waals surface area contributed by atoms with Crippen molar-refractivity contribution in [1.82, 2.24) is 9.03 Å². The predicted molar refractivity (Wildman–Crippen MR) is 65.7 cm³/mol. The molecule has 94 valence electrons. The van der Waals surface area contributed by atoms with E-state index in [-0.39, 0.29) is 6.54 Å². The summed E-state index contributed by atoms with van der Waals surface area (Å²) in [5, 5.41) is 17.8. The van der Waals surface area contributed by atoms with Gasteiger partial charge < -0.3 is 10.0 Å². The van der Waals surface area contributed by atoms with Gasteiger partial charge in [-0.25, -0.2) is 0 Å². The summed E-state index contributed by atoms with van der Waals surface area (Å²) < 4.78 is 26.3. The molecule has 0 aromatic heterocycles. The Hall–Kier alpha value is -0.925. The van der Waals surface area contributed by atoms with Crippen LogP contribution in [0.1, 0.15) is 5.56 Å². The molecule has 1 rings (SSSR count). The van der Waals surface area contributed by atoms with Crippen molar-refractivity contribution in [3.05, 3.63) is 29.8 Å². The predicted octanol–water partition coefficient (Wildman–Crippen LogP) is -1.74. The summed E-state index contributed by atoms with van der Waals surface area (Å²) in [4.78, 5) is 0. The van der Waals surface area contributed by atoms with Crippen LogP contribution in [0.5, 0.6) is 0 Å². The molecule has 0 heterocycles. The van der Waals surface area contributed by atoms with Crippen LogP contribution in [0.25, 0.3) is 0 Å². The van der Waals surface area contributed by atoms with Gasteiger partial charge in [-0.1, -0.05) is 24.3 Å². The summed E-state index contributed by atoms with van der Waals surface area (Å²) in [5.74, 6) is 0. The first-order valence-corrected chi connectivity index (χ1v) is 6.39. The lowest BCUT2D eigenvalue weighted by atomic mass is 9.80. The minimum Gasteiger partial charge on any atom is -0.423 e. The SMILES string of the molecule is CN(C)S(=O)(=O)NCc1ccc(B(O)O)cc1. The Morgan fingerprint density at radius 1 is 1.24 bits per heavy atom. The van der Waals surface area contributed by atoms with E-state index in [2.05, 4.69) is 4.72 Å². The third-order valence-electron chi connectivity index (χ3n) is 2.22. The minimum absolute atomic E-state index is 0.155. The fraction of sp³-hybridized carbons (Fsp3) is 0.333. The highest BCUT2D eigenvalue weighted by molar-refractivity contribution is 7.87. The molecule has 0 bridgehead atoms. The van der Waals surface area contributed by atoms with Gasteiger partial charge in [-0.15, -0.1) is 0 Å². The van der Waals surface area contributed by atoms with Crippen molar-refractivity contribution in [1.29, 1.82) is 0 Å². The zero-order chi connectivity index (χ0) is 13.1. The van der Waals surface area contributed by atoms with Crippen molar-refractivity contribution in [2.24, 2.45) is 0 Å². The highest BCUT2D eigenvalue weighted by atomic mass is 32.2. The second-order valence-electron chi connectivity index (χ2n) is 3.72. The Morgan fingerprint density at radius 2 is 1.76 bits per heavy atom. The number of nitrogens with one attached hydrogen (secondary N) is 1. The molecular formula is C9H15BN2O4S. The molecule has 17 heavy (non-hydrogen) atoms. The molecular weight excluding hydrogens is 243 g/mol. The molecule has 0 spiro atoms. The molecule has 0 saturated heterocycles. The molecule has 0 aliphatic rings. The molecule has 0 fully saturated rings. The normalized spacial score (nSPS) is 11.8. The molecule has 1 aromatic rings. The van der Waals surface area contributed by atoms with Crippen LogP contribution >= 0.6 is 0 Å². The van der Waals surface area contributed by atoms with Gasteiger partial charge in [-0.05, 0) is 11.0 Å². The highest BCUT2D eigenvalue weighted by Crippen LogP contribution is 1.99. The number of benzene rings is 1. The van der Waals surface area contributed by atoms with Gasteiger partial charge in [0.1, 0.15) is 0 Å². The molecule has 0 amide bonds. The molecule has 0 radical (unpaired) electrons. The van der Waals surface area contributed by atoms with Crippen LogP contribution in [-0.2, 0) is 16.8 Å².